The second-order valence-corrected chi connectivity index (χ2v) is 7.62. The van der Waals surface area contributed by atoms with Crippen LogP contribution in [0.15, 0.2) is 42.6 Å². The Bertz CT molecular complexity index is 1020. The summed E-state index contributed by atoms with van der Waals surface area (Å²) < 4.78 is 0. The smallest absolute Gasteiger partial charge is 0.253 e. The average Bonchev–Trinajstić information content (AvgIpc) is 2.70. The van der Waals surface area contributed by atoms with Gasteiger partial charge in [-0.1, -0.05) is 55.8 Å². The van der Waals surface area contributed by atoms with Gasteiger partial charge in [0.25, 0.3) is 5.91 Å². The summed E-state index contributed by atoms with van der Waals surface area (Å²) in [6, 6.07) is 12.5. The molecule has 0 radical (unpaired) electrons. The van der Waals surface area contributed by atoms with Crippen molar-refractivity contribution in [2.24, 2.45) is 0 Å². The molecule has 0 saturated carbocycles. The normalized spacial score (nSPS) is 11.2. The fraction of sp³-hybridized carbons (Fsp3) is 0.360. The van der Waals surface area contributed by atoms with Crippen molar-refractivity contribution in [3.05, 3.63) is 64.8 Å². The first kappa shape index (κ1) is 21.0. The molecule has 1 aromatic heterocycles. The molecule has 4 nitrogen and oxygen atoms in total. The average molecular weight is 390 g/mol. The van der Waals surface area contributed by atoms with Crippen LogP contribution in [0, 0.1) is 20.8 Å². The number of nitrogens with zero attached hydrogens (tertiary/aromatic N) is 2. The second-order valence-electron chi connectivity index (χ2n) is 7.62. The molecule has 1 amide bonds. The van der Waals surface area contributed by atoms with Crippen LogP contribution in [0.4, 0.5) is 0 Å². The molecule has 1 N–H and O–H groups in total. The number of aromatic nitrogens is 1. The van der Waals surface area contributed by atoms with Crippen molar-refractivity contribution >= 4 is 16.7 Å². The highest BCUT2D eigenvalue weighted by Crippen LogP contribution is 2.33. The topological polar surface area (TPSA) is 45.2 Å². The molecular weight excluding hydrogens is 358 g/mol. The molecule has 0 unspecified atom stereocenters. The van der Waals surface area contributed by atoms with E-state index in [-0.39, 0.29) is 5.91 Å². The molecule has 0 saturated heterocycles. The van der Waals surface area contributed by atoms with Gasteiger partial charge in [-0.05, 0) is 50.4 Å². The van der Waals surface area contributed by atoms with Gasteiger partial charge in [0.2, 0.25) is 0 Å². The van der Waals surface area contributed by atoms with Crippen LogP contribution in [0.5, 0.6) is 0 Å². The monoisotopic (exact) mass is 389 g/mol. The predicted octanol–water partition coefficient (Wildman–Crippen LogP) is 4.90. The predicted molar refractivity (Wildman–Crippen MR) is 122 cm³/mol. The molecule has 0 fully saturated rings. The van der Waals surface area contributed by atoms with Gasteiger partial charge in [0.15, 0.2) is 0 Å². The molecule has 152 valence electrons. The highest BCUT2D eigenvalue weighted by atomic mass is 16.1. The van der Waals surface area contributed by atoms with E-state index in [0.29, 0.717) is 12.1 Å². The van der Waals surface area contributed by atoms with Gasteiger partial charge in [0.05, 0.1) is 11.3 Å². The third-order valence-electron chi connectivity index (χ3n) is 5.58. The molecule has 29 heavy (non-hydrogen) atoms. The Morgan fingerprint density at radius 3 is 2.45 bits per heavy atom. The fourth-order valence-corrected chi connectivity index (χ4v) is 3.94. The van der Waals surface area contributed by atoms with Crippen LogP contribution in [-0.4, -0.2) is 42.0 Å². The summed E-state index contributed by atoms with van der Waals surface area (Å²) in [5.41, 5.74) is 6.16. The molecule has 0 spiro atoms. The van der Waals surface area contributed by atoms with Gasteiger partial charge >= 0.3 is 0 Å². The summed E-state index contributed by atoms with van der Waals surface area (Å²) in [6.45, 7) is 14.0. The molecule has 0 atom stereocenters. The molecule has 3 aromatic rings. The van der Waals surface area contributed by atoms with Gasteiger partial charge in [0.1, 0.15) is 0 Å². The zero-order chi connectivity index (χ0) is 21.0. The Hall–Kier alpha value is -2.72. The van der Waals surface area contributed by atoms with E-state index >= 15 is 0 Å². The first-order valence-corrected chi connectivity index (χ1v) is 10.4. The minimum atomic E-state index is -0.0593. The van der Waals surface area contributed by atoms with E-state index in [1.54, 1.807) is 6.20 Å². The van der Waals surface area contributed by atoms with Crippen LogP contribution in [0.3, 0.4) is 0 Å². The number of hydrogen-bond donors (Lipinski definition) is 1. The largest absolute Gasteiger partial charge is 0.351 e. The summed E-state index contributed by atoms with van der Waals surface area (Å²) in [6.07, 6.45) is 1.73. The zero-order valence-electron chi connectivity index (χ0n) is 18.2. The maximum Gasteiger partial charge on any atom is 0.253 e. The lowest BCUT2D eigenvalue weighted by Gasteiger charge is -2.18. The lowest BCUT2D eigenvalue weighted by Crippen LogP contribution is -2.34. The van der Waals surface area contributed by atoms with Crippen molar-refractivity contribution in [2.75, 3.05) is 26.2 Å². The van der Waals surface area contributed by atoms with E-state index in [1.807, 2.05) is 12.1 Å². The van der Waals surface area contributed by atoms with Crippen LogP contribution in [0.1, 0.15) is 40.9 Å². The highest BCUT2D eigenvalue weighted by molar-refractivity contribution is 6.11. The van der Waals surface area contributed by atoms with Crippen LogP contribution in [-0.2, 0) is 0 Å². The number of amides is 1. The Labute approximate surface area is 174 Å². The maximum absolute atomic E-state index is 13.0. The molecule has 4 heteroatoms. The Morgan fingerprint density at radius 2 is 1.76 bits per heavy atom. The van der Waals surface area contributed by atoms with Crippen LogP contribution in [0.25, 0.3) is 22.0 Å². The Kier molecular flexibility index (Phi) is 6.65. The number of benzene rings is 2. The standard InChI is InChI=1S/C25H31N3O/c1-6-28(7-2)13-12-26-25(29)22-16-27-24(20-11-9-8-10-18(20)4)23-19(5)14-17(3)15-21(22)23/h8-11,14-16H,6-7,12-13H2,1-5H3,(H,26,29). The third-order valence-corrected chi connectivity index (χ3v) is 5.58. The minimum Gasteiger partial charge on any atom is -0.351 e. The molecule has 3 rings (SSSR count). The van der Waals surface area contributed by atoms with Gasteiger partial charge in [-0.25, -0.2) is 0 Å². The number of likely N-dealkylation sites (N-methyl/N-ethyl adjacent to an activating group) is 1. The fourth-order valence-electron chi connectivity index (χ4n) is 3.94. The van der Waals surface area contributed by atoms with Crippen molar-refractivity contribution in [3.8, 4) is 11.3 Å². The van der Waals surface area contributed by atoms with Crippen LogP contribution < -0.4 is 5.32 Å². The number of carbonyl (C=O) groups excluding carboxylic acids is 1. The highest BCUT2D eigenvalue weighted by Gasteiger charge is 2.17. The summed E-state index contributed by atoms with van der Waals surface area (Å²) >= 11 is 0. The van der Waals surface area contributed by atoms with Gasteiger partial charge in [-0.3, -0.25) is 9.78 Å². The van der Waals surface area contributed by atoms with E-state index in [4.69, 9.17) is 4.98 Å². The Morgan fingerprint density at radius 1 is 1.03 bits per heavy atom. The van der Waals surface area contributed by atoms with Crippen LogP contribution in [0.2, 0.25) is 0 Å². The first-order valence-electron chi connectivity index (χ1n) is 10.4. The molecular formula is C25H31N3O. The van der Waals surface area contributed by atoms with E-state index in [9.17, 15) is 4.79 Å². The number of hydrogen-bond acceptors (Lipinski definition) is 3. The van der Waals surface area contributed by atoms with Gasteiger partial charge < -0.3 is 10.2 Å². The maximum atomic E-state index is 13.0. The molecule has 0 aliphatic rings. The first-order chi connectivity index (χ1) is 14.0. The summed E-state index contributed by atoms with van der Waals surface area (Å²) in [5.74, 6) is -0.0593. The van der Waals surface area contributed by atoms with Crippen molar-refractivity contribution in [1.82, 2.24) is 15.2 Å². The number of rotatable bonds is 7. The zero-order valence-corrected chi connectivity index (χ0v) is 18.2. The molecule has 1 heterocycles. The van der Waals surface area contributed by atoms with Gasteiger partial charge in [0, 0.05) is 30.2 Å². The quantitative estimate of drug-likeness (QED) is 0.625. The van der Waals surface area contributed by atoms with E-state index in [0.717, 1.165) is 52.8 Å². The number of carbonyl (C=O) groups is 1. The third kappa shape index (κ3) is 4.48. The molecule has 0 aliphatic heterocycles. The second kappa shape index (κ2) is 9.19. The van der Waals surface area contributed by atoms with Crippen molar-refractivity contribution < 1.29 is 4.79 Å². The number of aryl methyl sites for hydroxylation is 3. The lowest BCUT2D eigenvalue weighted by molar-refractivity contribution is 0.0950. The van der Waals surface area contributed by atoms with E-state index in [2.05, 4.69) is 69.1 Å². The number of nitrogens with one attached hydrogen (secondary N) is 1. The van der Waals surface area contributed by atoms with E-state index in [1.165, 1.54) is 5.56 Å². The SMILES string of the molecule is CCN(CC)CCNC(=O)c1cnc(-c2ccccc2C)c2c(C)cc(C)cc12. The van der Waals surface area contributed by atoms with E-state index < -0.39 is 0 Å². The lowest BCUT2D eigenvalue weighted by atomic mass is 9.93. The molecule has 0 bridgehead atoms. The van der Waals surface area contributed by atoms with Crippen molar-refractivity contribution in [1.29, 1.82) is 0 Å². The molecule has 2 aromatic carbocycles. The van der Waals surface area contributed by atoms with Crippen molar-refractivity contribution in [2.45, 2.75) is 34.6 Å². The summed E-state index contributed by atoms with van der Waals surface area (Å²) in [5, 5.41) is 5.10. The number of fused-ring (bicyclic) bond motifs is 1. The summed E-state index contributed by atoms with van der Waals surface area (Å²) in [7, 11) is 0. The minimum absolute atomic E-state index is 0.0593. The molecule has 0 aliphatic carbocycles. The van der Waals surface area contributed by atoms with Crippen molar-refractivity contribution in [3.63, 3.8) is 0 Å². The summed E-state index contributed by atoms with van der Waals surface area (Å²) in [4.78, 5) is 20.0. The van der Waals surface area contributed by atoms with Gasteiger partial charge in [-0.2, -0.15) is 0 Å². The Balaban J connectivity index is 2.03. The van der Waals surface area contributed by atoms with Crippen LogP contribution >= 0.6 is 0 Å². The number of pyridine rings is 1. The van der Waals surface area contributed by atoms with Gasteiger partial charge in [-0.15, -0.1) is 0 Å².